The van der Waals surface area contributed by atoms with Gasteiger partial charge in [0, 0.05) is 24.1 Å². The highest BCUT2D eigenvalue weighted by molar-refractivity contribution is 5.54. The zero-order valence-electron chi connectivity index (χ0n) is 44.9. The van der Waals surface area contributed by atoms with E-state index in [1.807, 2.05) is 213 Å². The Bertz CT molecular complexity index is 3280. The van der Waals surface area contributed by atoms with Crippen LogP contribution in [0.4, 0.5) is 0 Å². The molecule has 0 aliphatic carbocycles. The fraction of sp³-hybridized carbons (Fsp3) is 0.229. The molecule has 2 heterocycles. The van der Waals surface area contributed by atoms with Crippen LogP contribution < -0.4 is 23.7 Å². The van der Waals surface area contributed by atoms with Gasteiger partial charge in [-0.15, -0.1) is 0 Å². The van der Waals surface area contributed by atoms with E-state index in [0.29, 0.717) is 74.8 Å². The SMILES string of the molecule is C[C@@H]1O[C@@H](O[C@H]2Cc3c(OCc4ccccc4)cc(OCc4ccccc4)cc3O[C@@H]2c2ccc(OCc3ccccc3)c(OCc3ccccc3)c2)[C@H](OCc2ccccc2)[C@H](OCc2ccccc2)[C@H]1OCc1ccccc1. The molecule has 9 aromatic carbocycles. The summed E-state index contributed by atoms with van der Waals surface area (Å²) in [6, 6.07) is 80.7. The summed E-state index contributed by atoms with van der Waals surface area (Å²) in [7, 11) is 0. The molecule has 7 atom stereocenters. The Morgan fingerprint density at radius 2 is 0.775 bits per heavy atom. The fourth-order valence-corrected chi connectivity index (χ4v) is 10.1. The van der Waals surface area contributed by atoms with Crippen LogP contribution in [0.5, 0.6) is 28.7 Å². The molecule has 2 aliphatic heterocycles. The van der Waals surface area contributed by atoms with E-state index < -0.39 is 42.9 Å². The lowest BCUT2D eigenvalue weighted by Crippen LogP contribution is -2.61. The Morgan fingerprint density at radius 3 is 1.25 bits per heavy atom. The van der Waals surface area contributed by atoms with Crippen LogP contribution in [0.2, 0.25) is 0 Å². The first-order valence-corrected chi connectivity index (χ1v) is 27.5. The van der Waals surface area contributed by atoms with Crippen LogP contribution in [0.3, 0.4) is 0 Å². The number of fused-ring (bicyclic) bond motifs is 1. The first-order chi connectivity index (χ1) is 39.5. The molecule has 2 aliphatic rings. The van der Waals surface area contributed by atoms with E-state index in [4.69, 9.17) is 47.4 Å². The normalized spacial score (nSPS) is 19.5. The molecule has 0 saturated carbocycles. The monoisotopic (exact) mass is 1070 g/mol. The zero-order chi connectivity index (χ0) is 54.1. The van der Waals surface area contributed by atoms with Crippen molar-refractivity contribution in [2.45, 2.75) is 103 Å². The van der Waals surface area contributed by atoms with Gasteiger partial charge in [-0.1, -0.05) is 218 Å². The largest absolute Gasteiger partial charge is 0.489 e. The smallest absolute Gasteiger partial charge is 0.187 e. The van der Waals surface area contributed by atoms with Crippen molar-refractivity contribution < 1.29 is 47.4 Å². The van der Waals surface area contributed by atoms with E-state index in [1.165, 1.54) is 0 Å². The number of benzene rings is 9. The van der Waals surface area contributed by atoms with Crippen LogP contribution in [0.25, 0.3) is 0 Å². The summed E-state index contributed by atoms with van der Waals surface area (Å²) in [5, 5.41) is 0. The van der Waals surface area contributed by atoms with Crippen molar-refractivity contribution in [2.75, 3.05) is 0 Å². The lowest BCUT2D eigenvalue weighted by molar-refractivity contribution is -0.333. The molecule has 0 spiro atoms. The Morgan fingerprint density at radius 1 is 0.375 bits per heavy atom. The highest BCUT2D eigenvalue weighted by Crippen LogP contribution is 2.46. The van der Waals surface area contributed by atoms with Crippen LogP contribution in [-0.2, 0) is 76.4 Å². The predicted molar refractivity (Wildman–Crippen MR) is 307 cm³/mol. The Balaban J connectivity index is 0.986. The van der Waals surface area contributed by atoms with Crippen LogP contribution in [0, 0.1) is 0 Å². The summed E-state index contributed by atoms with van der Waals surface area (Å²) >= 11 is 0. The summed E-state index contributed by atoms with van der Waals surface area (Å²) in [5.74, 6) is 2.97. The van der Waals surface area contributed by atoms with Crippen molar-refractivity contribution in [3.63, 3.8) is 0 Å². The topological polar surface area (TPSA) is 92.3 Å². The van der Waals surface area contributed by atoms with Gasteiger partial charge in [0.25, 0.3) is 0 Å². The van der Waals surface area contributed by atoms with Crippen molar-refractivity contribution in [1.82, 2.24) is 0 Å². The van der Waals surface area contributed by atoms with Gasteiger partial charge in [-0.05, 0) is 63.6 Å². The second kappa shape index (κ2) is 27.1. The molecule has 9 aromatic rings. The predicted octanol–water partition coefficient (Wildman–Crippen LogP) is 14.6. The van der Waals surface area contributed by atoms with Crippen LogP contribution in [-0.4, -0.2) is 36.8 Å². The molecule has 0 amide bonds. The third-order valence-corrected chi connectivity index (χ3v) is 14.3. The van der Waals surface area contributed by atoms with E-state index in [-0.39, 0.29) is 6.61 Å². The molecule has 10 heteroatoms. The van der Waals surface area contributed by atoms with E-state index in [2.05, 4.69) is 36.4 Å². The quantitative estimate of drug-likeness (QED) is 0.0582. The molecule has 0 bridgehead atoms. The fourth-order valence-electron chi connectivity index (χ4n) is 10.1. The minimum absolute atomic E-state index is 0.267. The zero-order valence-corrected chi connectivity index (χ0v) is 44.9. The number of ether oxygens (including phenoxy) is 10. The summed E-state index contributed by atoms with van der Waals surface area (Å²) in [4.78, 5) is 0. The van der Waals surface area contributed by atoms with Gasteiger partial charge in [0.15, 0.2) is 23.9 Å². The first-order valence-electron chi connectivity index (χ1n) is 27.5. The van der Waals surface area contributed by atoms with E-state index in [9.17, 15) is 0 Å². The maximum atomic E-state index is 7.51. The van der Waals surface area contributed by atoms with Crippen molar-refractivity contribution >= 4 is 0 Å². The van der Waals surface area contributed by atoms with E-state index in [1.54, 1.807) is 0 Å². The number of hydrogen-bond acceptors (Lipinski definition) is 10. The number of rotatable bonds is 24. The minimum atomic E-state index is -0.965. The van der Waals surface area contributed by atoms with Crippen molar-refractivity contribution in [3.05, 3.63) is 293 Å². The Kier molecular flexibility index (Phi) is 18.2. The minimum Gasteiger partial charge on any atom is -0.489 e. The summed E-state index contributed by atoms with van der Waals surface area (Å²) < 4.78 is 69.4. The third kappa shape index (κ3) is 14.3. The molecule has 406 valence electrons. The summed E-state index contributed by atoms with van der Waals surface area (Å²) in [6.07, 6.45) is -4.47. The van der Waals surface area contributed by atoms with Gasteiger partial charge in [0.2, 0.25) is 0 Å². The van der Waals surface area contributed by atoms with Crippen LogP contribution in [0.15, 0.2) is 243 Å². The Labute approximate surface area is 469 Å². The van der Waals surface area contributed by atoms with Crippen molar-refractivity contribution in [2.24, 2.45) is 0 Å². The second-order valence-corrected chi connectivity index (χ2v) is 20.1. The average Bonchev–Trinajstić information content (AvgIpc) is 3.54. The molecular weight excluding hydrogens is 1000 g/mol. The summed E-state index contributed by atoms with van der Waals surface area (Å²) in [5.41, 5.74) is 8.76. The standard InChI is InChI=1S/C70H66O10/c1-50-66(75-47-55-31-17-6-18-32-55)68(76-48-56-33-19-7-20-34-56)69(77-49-57-35-21-8-22-36-57)70(78-50)80-65-42-60-62(73-45-53-27-13-4-14-28-53)40-59(71-43-51-23-9-2-10-24-51)41-63(60)79-67(65)58-37-38-61(72-44-52-25-11-3-12-26-52)64(39-58)74-46-54-29-15-5-16-30-54/h2-41,50,65-70H,42-49H2,1H3/t50-,65-,66-,67+,68+,69+,70-/m0/s1. The van der Waals surface area contributed by atoms with Gasteiger partial charge in [-0.2, -0.15) is 0 Å². The average molecular weight is 1070 g/mol. The van der Waals surface area contributed by atoms with Crippen molar-refractivity contribution in [1.29, 1.82) is 0 Å². The van der Waals surface area contributed by atoms with E-state index in [0.717, 1.165) is 50.1 Å². The van der Waals surface area contributed by atoms with Gasteiger partial charge in [-0.25, -0.2) is 0 Å². The molecule has 0 aromatic heterocycles. The highest BCUT2D eigenvalue weighted by Gasteiger charge is 2.50. The van der Waals surface area contributed by atoms with Crippen LogP contribution >= 0.6 is 0 Å². The molecule has 11 rings (SSSR count). The van der Waals surface area contributed by atoms with Gasteiger partial charge in [-0.3, -0.25) is 0 Å². The number of hydrogen-bond donors (Lipinski definition) is 0. The molecule has 80 heavy (non-hydrogen) atoms. The molecule has 0 unspecified atom stereocenters. The molecule has 1 saturated heterocycles. The first kappa shape index (κ1) is 53.8. The van der Waals surface area contributed by atoms with Gasteiger partial charge in [0.1, 0.15) is 68.1 Å². The van der Waals surface area contributed by atoms with Gasteiger partial charge < -0.3 is 47.4 Å². The lowest BCUT2D eigenvalue weighted by atomic mass is 9.92. The molecule has 10 nitrogen and oxygen atoms in total. The Hall–Kier alpha value is -8.22. The molecule has 1 fully saturated rings. The third-order valence-electron chi connectivity index (χ3n) is 14.3. The maximum Gasteiger partial charge on any atom is 0.187 e. The lowest BCUT2D eigenvalue weighted by Gasteiger charge is -2.47. The van der Waals surface area contributed by atoms with E-state index >= 15 is 0 Å². The molecular formula is C70H66O10. The molecule has 0 radical (unpaired) electrons. The second-order valence-electron chi connectivity index (χ2n) is 20.1. The van der Waals surface area contributed by atoms with Crippen molar-refractivity contribution in [3.8, 4) is 28.7 Å². The maximum absolute atomic E-state index is 7.51. The van der Waals surface area contributed by atoms with Gasteiger partial charge in [0.05, 0.1) is 25.9 Å². The van der Waals surface area contributed by atoms with Crippen LogP contribution in [0.1, 0.15) is 63.1 Å². The summed E-state index contributed by atoms with van der Waals surface area (Å²) in [6.45, 7) is 4.28. The highest BCUT2D eigenvalue weighted by atomic mass is 16.7. The van der Waals surface area contributed by atoms with Gasteiger partial charge >= 0.3 is 0 Å². The molecule has 0 N–H and O–H groups in total.